The van der Waals surface area contributed by atoms with Gasteiger partial charge in [-0.15, -0.1) is 0 Å². The molecular formula is C8H7ClN2O. The van der Waals surface area contributed by atoms with Crippen molar-refractivity contribution in [1.82, 2.24) is 10.3 Å². The van der Waals surface area contributed by atoms with Crippen LogP contribution in [0.1, 0.15) is 15.9 Å². The quantitative estimate of drug-likeness (QED) is 0.609. The molecule has 3 nitrogen and oxygen atoms in total. The highest BCUT2D eigenvalue weighted by Crippen LogP contribution is 2.15. The van der Waals surface area contributed by atoms with E-state index in [0.717, 1.165) is 12.0 Å². The number of rotatable bonds is 0. The number of nitrogens with one attached hydrogen (secondary N) is 1. The van der Waals surface area contributed by atoms with Crippen molar-refractivity contribution in [2.45, 2.75) is 6.42 Å². The summed E-state index contributed by atoms with van der Waals surface area (Å²) in [6.45, 7) is 0.690. The minimum absolute atomic E-state index is 0.0550. The summed E-state index contributed by atoms with van der Waals surface area (Å²) in [7, 11) is 0. The van der Waals surface area contributed by atoms with Crippen LogP contribution >= 0.6 is 11.6 Å². The molecule has 0 saturated carbocycles. The Kier molecular flexibility index (Phi) is 1.73. The van der Waals surface area contributed by atoms with Gasteiger partial charge in [0.1, 0.15) is 5.15 Å². The van der Waals surface area contributed by atoms with Gasteiger partial charge in [0.2, 0.25) is 0 Å². The molecule has 2 heterocycles. The first kappa shape index (κ1) is 7.55. The fraction of sp³-hybridized carbons (Fsp3) is 0.250. The minimum Gasteiger partial charge on any atom is -0.352 e. The van der Waals surface area contributed by atoms with E-state index in [1.165, 1.54) is 0 Å². The van der Waals surface area contributed by atoms with Gasteiger partial charge in [0.25, 0.3) is 5.91 Å². The second-order valence-corrected chi connectivity index (χ2v) is 3.06. The Morgan fingerprint density at radius 3 is 3.25 bits per heavy atom. The Balaban J connectivity index is 2.54. The summed E-state index contributed by atoms with van der Waals surface area (Å²) in [4.78, 5) is 15.2. The number of aromatic nitrogens is 1. The molecule has 0 bridgehead atoms. The monoisotopic (exact) mass is 182 g/mol. The van der Waals surface area contributed by atoms with E-state index >= 15 is 0 Å². The molecule has 1 aliphatic rings. The van der Waals surface area contributed by atoms with Crippen molar-refractivity contribution in [3.05, 3.63) is 28.5 Å². The zero-order chi connectivity index (χ0) is 8.55. The zero-order valence-electron chi connectivity index (χ0n) is 6.30. The first-order chi connectivity index (χ1) is 5.77. The standard InChI is InChI=1S/C8H7ClN2O/c9-7-3-6-5(4-11-7)1-2-10-8(6)12/h3-4H,1-2H2,(H,10,12). The maximum absolute atomic E-state index is 11.2. The summed E-state index contributed by atoms with van der Waals surface area (Å²) in [5, 5.41) is 3.11. The molecule has 0 fully saturated rings. The van der Waals surface area contributed by atoms with E-state index in [0.29, 0.717) is 17.3 Å². The predicted molar refractivity (Wildman–Crippen MR) is 45.3 cm³/mol. The highest BCUT2D eigenvalue weighted by Gasteiger charge is 2.16. The molecule has 4 heteroatoms. The van der Waals surface area contributed by atoms with E-state index in [2.05, 4.69) is 10.3 Å². The van der Waals surface area contributed by atoms with Crippen LogP contribution in [-0.4, -0.2) is 17.4 Å². The molecule has 1 aromatic heterocycles. The van der Waals surface area contributed by atoms with Crippen LogP contribution in [0.5, 0.6) is 0 Å². The van der Waals surface area contributed by atoms with Gasteiger partial charge in [0.05, 0.1) is 0 Å². The minimum atomic E-state index is -0.0550. The predicted octanol–water partition coefficient (Wildman–Crippen LogP) is 1.02. The van der Waals surface area contributed by atoms with Crippen molar-refractivity contribution < 1.29 is 4.79 Å². The molecule has 2 rings (SSSR count). The molecule has 0 aromatic carbocycles. The highest BCUT2D eigenvalue weighted by atomic mass is 35.5. The summed E-state index contributed by atoms with van der Waals surface area (Å²) in [6.07, 6.45) is 2.50. The van der Waals surface area contributed by atoms with Crippen molar-refractivity contribution >= 4 is 17.5 Å². The normalized spacial score (nSPS) is 15.2. The Morgan fingerprint density at radius 2 is 2.42 bits per heavy atom. The van der Waals surface area contributed by atoms with Crippen molar-refractivity contribution in [3.63, 3.8) is 0 Å². The van der Waals surface area contributed by atoms with Crippen molar-refractivity contribution in [2.75, 3.05) is 6.54 Å². The topological polar surface area (TPSA) is 42.0 Å². The molecule has 0 atom stereocenters. The summed E-state index contributed by atoms with van der Waals surface area (Å²) in [6, 6.07) is 1.60. The molecule has 0 aliphatic carbocycles. The lowest BCUT2D eigenvalue weighted by molar-refractivity contribution is 0.0946. The second kappa shape index (κ2) is 2.75. The maximum Gasteiger partial charge on any atom is 0.251 e. The molecule has 1 amide bonds. The van der Waals surface area contributed by atoms with Gasteiger partial charge >= 0.3 is 0 Å². The number of carbonyl (C=O) groups excluding carboxylic acids is 1. The fourth-order valence-electron chi connectivity index (χ4n) is 1.27. The Bertz CT molecular complexity index is 338. The third-order valence-corrected chi connectivity index (χ3v) is 2.08. The lowest BCUT2D eigenvalue weighted by Crippen LogP contribution is -2.31. The largest absolute Gasteiger partial charge is 0.352 e. The molecule has 0 unspecified atom stereocenters. The van der Waals surface area contributed by atoms with Crippen LogP contribution in [0.2, 0.25) is 5.15 Å². The molecule has 1 aromatic rings. The van der Waals surface area contributed by atoms with Crippen LogP contribution in [0.25, 0.3) is 0 Å². The van der Waals surface area contributed by atoms with E-state index in [1.807, 2.05) is 0 Å². The molecule has 0 radical (unpaired) electrons. The molecule has 1 N–H and O–H groups in total. The third kappa shape index (κ3) is 1.16. The number of carbonyl (C=O) groups is 1. The summed E-state index contributed by atoms with van der Waals surface area (Å²) in [5.74, 6) is -0.0550. The van der Waals surface area contributed by atoms with Gasteiger partial charge in [-0.25, -0.2) is 4.98 Å². The van der Waals surface area contributed by atoms with Crippen molar-refractivity contribution in [1.29, 1.82) is 0 Å². The number of amides is 1. The smallest absolute Gasteiger partial charge is 0.251 e. The summed E-state index contributed by atoms with van der Waals surface area (Å²) in [5.41, 5.74) is 1.63. The van der Waals surface area contributed by atoms with E-state index in [4.69, 9.17) is 11.6 Å². The third-order valence-electron chi connectivity index (χ3n) is 1.88. The molecule has 0 spiro atoms. The van der Waals surface area contributed by atoms with Gasteiger partial charge in [0.15, 0.2) is 0 Å². The summed E-state index contributed by atoms with van der Waals surface area (Å²) < 4.78 is 0. The van der Waals surface area contributed by atoms with Crippen LogP contribution in [0.3, 0.4) is 0 Å². The van der Waals surface area contributed by atoms with E-state index < -0.39 is 0 Å². The highest BCUT2D eigenvalue weighted by molar-refractivity contribution is 6.29. The Labute approximate surface area is 74.8 Å². The van der Waals surface area contributed by atoms with Gasteiger partial charge in [-0.3, -0.25) is 4.79 Å². The first-order valence-corrected chi connectivity index (χ1v) is 4.08. The van der Waals surface area contributed by atoms with Crippen molar-refractivity contribution in [2.24, 2.45) is 0 Å². The molecule has 1 aliphatic heterocycles. The van der Waals surface area contributed by atoms with E-state index in [1.54, 1.807) is 12.3 Å². The van der Waals surface area contributed by atoms with Crippen LogP contribution in [0.15, 0.2) is 12.3 Å². The van der Waals surface area contributed by atoms with Crippen LogP contribution in [-0.2, 0) is 6.42 Å². The van der Waals surface area contributed by atoms with E-state index in [-0.39, 0.29) is 5.91 Å². The van der Waals surface area contributed by atoms with Crippen LogP contribution in [0.4, 0.5) is 0 Å². The summed E-state index contributed by atoms with van der Waals surface area (Å²) >= 11 is 5.65. The van der Waals surface area contributed by atoms with Gasteiger partial charge in [0, 0.05) is 18.3 Å². The Morgan fingerprint density at radius 1 is 1.58 bits per heavy atom. The molecular weight excluding hydrogens is 176 g/mol. The molecule has 12 heavy (non-hydrogen) atoms. The molecule has 0 saturated heterocycles. The number of hydrogen-bond acceptors (Lipinski definition) is 2. The van der Waals surface area contributed by atoms with Gasteiger partial charge in [-0.05, 0) is 18.1 Å². The van der Waals surface area contributed by atoms with Crippen molar-refractivity contribution in [3.8, 4) is 0 Å². The lowest BCUT2D eigenvalue weighted by atomic mass is 10.0. The Hall–Kier alpha value is -1.09. The number of fused-ring (bicyclic) bond motifs is 1. The number of nitrogens with zero attached hydrogens (tertiary/aromatic N) is 1. The lowest BCUT2D eigenvalue weighted by Gasteiger charge is -2.15. The first-order valence-electron chi connectivity index (χ1n) is 3.70. The number of pyridine rings is 1. The SMILES string of the molecule is O=C1NCCc2cnc(Cl)cc21. The maximum atomic E-state index is 11.2. The number of hydrogen-bond donors (Lipinski definition) is 1. The van der Waals surface area contributed by atoms with Gasteiger partial charge < -0.3 is 5.32 Å². The second-order valence-electron chi connectivity index (χ2n) is 2.67. The van der Waals surface area contributed by atoms with E-state index in [9.17, 15) is 4.79 Å². The van der Waals surface area contributed by atoms with Crippen LogP contribution in [0, 0.1) is 0 Å². The number of halogens is 1. The van der Waals surface area contributed by atoms with Crippen LogP contribution < -0.4 is 5.32 Å². The average Bonchev–Trinajstić information content (AvgIpc) is 2.07. The zero-order valence-corrected chi connectivity index (χ0v) is 7.06. The molecule has 62 valence electrons. The average molecular weight is 183 g/mol. The van der Waals surface area contributed by atoms with Gasteiger partial charge in [-0.2, -0.15) is 0 Å². The fourth-order valence-corrected chi connectivity index (χ4v) is 1.43. The van der Waals surface area contributed by atoms with Gasteiger partial charge in [-0.1, -0.05) is 11.6 Å².